The lowest BCUT2D eigenvalue weighted by molar-refractivity contribution is 0.0734. The average molecular weight is 329 g/mol. The van der Waals surface area contributed by atoms with Crippen LogP contribution in [0.3, 0.4) is 0 Å². The van der Waals surface area contributed by atoms with Crippen molar-refractivity contribution in [2.45, 2.75) is 25.8 Å². The summed E-state index contributed by atoms with van der Waals surface area (Å²) in [5.74, 6) is 1.42. The molecule has 0 N–H and O–H groups in total. The van der Waals surface area contributed by atoms with Crippen molar-refractivity contribution in [2.75, 3.05) is 20.8 Å². The fourth-order valence-corrected chi connectivity index (χ4v) is 3.28. The fraction of sp³-hybridized carbons (Fsp3) is 0.444. The summed E-state index contributed by atoms with van der Waals surface area (Å²) < 4.78 is 12.4. The van der Waals surface area contributed by atoms with E-state index in [2.05, 4.69) is 5.10 Å². The van der Waals surface area contributed by atoms with Crippen LogP contribution in [-0.4, -0.2) is 41.4 Å². The minimum absolute atomic E-state index is 0.0397. The van der Waals surface area contributed by atoms with Gasteiger partial charge in [-0.25, -0.2) is 0 Å². The Labute approximate surface area is 142 Å². The molecule has 2 aromatic rings. The van der Waals surface area contributed by atoms with E-state index >= 15 is 0 Å². The van der Waals surface area contributed by atoms with Crippen molar-refractivity contribution in [3.63, 3.8) is 0 Å². The lowest BCUT2D eigenvalue weighted by Crippen LogP contribution is -2.30. The number of amides is 1. The molecule has 1 amide bonds. The van der Waals surface area contributed by atoms with E-state index in [0.29, 0.717) is 17.1 Å². The predicted octanol–water partition coefficient (Wildman–Crippen LogP) is 2.72. The Bertz CT molecular complexity index is 754. The number of ether oxygens (including phenoxy) is 2. The van der Waals surface area contributed by atoms with Gasteiger partial charge in [-0.1, -0.05) is 6.07 Å². The van der Waals surface area contributed by atoms with Crippen LogP contribution in [-0.2, 0) is 7.05 Å². The maximum absolute atomic E-state index is 13.0. The summed E-state index contributed by atoms with van der Waals surface area (Å²) in [5, 5.41) is 4.19. The number of carbonyl (C=O) groups is 1. The summed E-state index contributed by atoms with van der Waals surface area (Å²) in [6.45, 7) is 2.67. The Morgan fingerprint density at radius 3 is 2.62 bits per heavy atom. The molecule has 3 rings (SSSR count). The van der Waals surface area contributed by atoms with E-state index < -0.39 is 0 Å². The molecule has 1 aromatic heterocycles. The number of hydrogen-bond donors (Lipinski definition) is 0. The topological polar surface area (TPSA) is 56.6 Å². The number of aryl methyl sites for hydroxylation is 1. The van der Waals surface area contributed by atoms with Crippen molar-refractivity contribution in [1.82, 2.24) is 14.7 Å². The molecule has 0 aliphatic carbocycles. The quantitative estimate of drug-likeness (QED) is 0.865. The first-order valence-corrected chi connectivity index (χ1v) is 8.08. The Kier molecular flexibility index (Phi) is 4.46. The molecular weight excluding hydrogens is 306 g/mol. The number of aromatic nitrogens is 2. The first-order chi connectivity index (χ1) is 11.6. The smallest absolute Gasteiger partial charge is 0.257 e. The van der Waals surface area contributed by atoms with E-state index in [1.54, 1.807) is 25.1 Å². The van der Waals surface area contributed by atoms with Gasteiger partial charge in [0.25, 0.3) is 5.91 Å². The van der Waals surface area contributed by atoms with Gasteiger partial charge in [-0.2, -0.15) is 5.10 Å². The monoisotopic (exact) mass is 329 g/mol. The second-order valence-electron chi connectivity index (χ2n) is 6.04. The highest BCUT2D eigenvalue weighted by Gasteiger charge is 2.32. The third-order valence-corrected chi connectivity index (χ3v) is 4.77. The van der Waals surface area contributed by atoms with Crippen molar-refractivity contribution in [3.8, 4) is 11.5 Å². The Hall–Kier alpha value is -2.50. The number of nitrogens with zero attached hydrogens (tertiary/aromatic N) is 3. The molecule has 0 spiro atoms. The van der Waals surface area contributed by atoms with Crippen LogP contribution >= 0.6 is 0 Å². The number of likely N-dealkylation sites (tertiary alicyclic amines) is 1. The van der Waals surface area contributed by atoms with Gasteiger partial charge in [-0.05, 0) is 37.5 Å². The van der Waals surface area contributed by atoms with Gasteiger partial charge < -0.3 is 14.4 Å². The van der Waals surface area contributed by atoms with Crippen LogP contribution in [0.4, 0.5) is 0 Å². The molecule has 1 fully saturated rings. The molecule has 2 heterocycles. The van der Waals surface area contributed by atoms with Crippen LogP contribution in [0.1, 0.15) is 40.5 Å². The van der Waals surface area contributed by atoms with E-state index in [9.17, 15) is 4.79 Å². The minimum Gasteiger partial charge on any atom is -0.493 e. The van der Waals surface area contributed by atoms with Crippen molar-refractivity contribution < 1.29 is 14.3 Å². The zero-order chi connectivity index (χ0) is 17.3. The fourth-order valence-electron chi connectivity index (χ4n) is 3.28. The summed E-state index contributed by atoms with van der Waals surface area (Å²) in [7, 11) is 5.09. The van der Waals surface area contributed by atoms with Crippen molar-refractivity contribution in [1.29, 1.82) is 0 Å². The highest BCUT2D eigenvalue weighted by Crippen LogP contribution is 2.37. The van der Waals surface area contributed by atoms with Gasteiger partial charge in [-0.3, -0.25) is 9.48 Å². The molecule has 1 saturated heterocycles. The highest BCUT2D eigenvalue weighted by atomic mass is 16.5. The largest absolute Gasteiger partial charge is 0.493 e. The molecule has 0 saturated carbocycles. The molecule has 1 atom stereocenters. The normalized spacial score (nSPS) is 17.2. The molecule has 24 heavy (non-hydrogen) atoms. The summed E-state index contributed by atoms with van der Waals surface area (Å²) >= 11 is 0. The standard InChI is InChI=1S/C18H23N3O3/c1-12-14(11-19-20(12)2)18(22)21-9-5-6-15(21)13-7-8-16(23-3)17(10-13)24-4/h7-8,10-11,15H,5-6,9H2,1-4H3/t15-/m0/s1. The van der Waals surface area contributed by atoms with E-state index in [0.717, 1.165) is 30.6 Å². The molecule has 1 aromatic carbocycles. The SMILES string of the molecule is COc1ccc([C@@H]2CCCN2C(=O)c2cnn(C)c2C)cc1OC. The molecule has 0 bridgehead atoms. The van der Waals surface area contributed by atoms with E-state index in [4.69, 9.17) is 9.47 Å². The summed E-state index contributed by atoms with van der Waals surface area (Å²) in [6.07, 6.45) is 3.59. The van der Waals surface area contributed by atoms with E-state index in [-0.39, 0.29) is 11.9 Å². The predicted molar refractivity (Wildman–Crippen MR) is 90.5 cm³/mol. The molecule has 128 valence electrons. The van der Waals surface area contributed by atoms with E-state index in [1.807, 2.05) is 37.1 Å². The molecular formula is C18H23N3O3. The molecule has 1 aliphatic rings. The number of carbonyl (C=O) groups excluding carboxylic acids is 1. The van der Waals surface area contributed by atoms with E-state index in [1.165, 1.54) is 0 Å². The Morgan fingerprint density at radius 2 is 2.00 bits per heavy atom. The van der Waals surface area contributed by atoms with Crippen LogP contribution in [0.15, 0.2) is 24.4 Å². The molecule has 6 heteroatoms. The van der Waals surface area contributed by atoms with Crippen LogP contribution in [0, 0.1) is 6.92 Å². The molecule has 0 unspecified atom stereocenters. The minimum atomic E-state index is 0.0397. The first kappa shape index (κ1) is 16.4. The van der Waals surface area contributed by atoms with Gasteiger partial charge >= 0.3 is 0 Å². The third-order valence-electron chi connectivity index (χ3n) is 4.77. The lowest BCUT2D eigenvalue weighted by atomic mass is 10.0. The van der Waals surface area contributed by atoms with Gasteiger partial charge in [0.15, 0.2) is 11.5 Å². The number of methoxy groups -OCH3 is 2. The first-order valence-electron chi connectivity index (χ1n) is 8.08. The maximum atomic E-state index is 13.0. The highest BCUT2D eigenvalue weighted by molar-refractivity contribution is 5.95. The van der Waals surface area contributed by atoms with Gasteiger partial charge in [0, 0.05) is 19.3 Å². The van der Waals surface area contributed by atoms with Crippen LogP contribution < -0.4 is 9.47 Å². The number of benzene rings is 1. The Morgan fingerprint density at radius 1 is 1.25 bits per heavy atom. The number of hydrogen-bond acceptors (Lipinski definition) is 4. The zero-order valence-electron chi connectivity index (χ0n) is 14.6. The number of rotatable bonds is 4. The second-order valence-corrected chi connectivity index (χ2v) is 6.04. The van der Waals surface area contributed by atoms with Gasteiger partial charge in [0.05, 0.1) is 32.0 Å². The maximum Gasteiger partial charge on any atom is 0.257 e. The van der Waals surface area contributed by atoms with Crippen molar-refractivity contribution in [3.05, 3.63) is 41.2 Å². The zero-order valence-corrected chi connectivity index (χ0v) is 14.6. The van der Waals surface area contributed by atoms with Crippen LogP contribution in [0.25, 0.3) is 0 Å². The third kappa shape index (κ3) is 2.72. The summed E-state index contributed by atoms with van der Waals surface area (Å²) in [4.78, 5) is 14.9. The molecule has 1 aliphatic heterocycles. The molecule has 6 nitrogen and oxygen atoms in total. The average Bonchev–Trinajstić information content (AvgIpc) is 3.21. The summed E-state index contributed by atoms with van der Waals surface area (Å²) in [5.41, 5.74) is 2.63. The second kappa shape index (κ2) is 6.55. The van der Waals surface area contributed by atoms with Crippen LogP contribution in [0.5, 0.6) is 11.5 Å². The summed E-state index contributed by atoms with van der Waals surface area (Å²) in [6, 6.07) is 5.92. The lowest BCUT2D eigenvalue weighted by Gasteiger charge is -2.25. The molecule has 0 radical (unpaired) electrons. The van der Waals surface area contributed by atoms with Gasteiger partial charge in [-0.15, -0.1) is 0 Å². The van der Waals surface area contributed by atoms with Crippen LogP contribution in [0.2, 0.25) is 0 Å². The van der Waals surface area contributed by atoms with Gasteiger partial charge in [0.2, 0.25) is 0 Å². The van der Waals surface area contributed by atoms with Gasteiger partial charge in [0.1, 0.15) is 0 Å². The van der Waals surface area contributed by atoms with Crippen molar-refractivity contribution >= 4 is 5.91 Å². The Balaban J connectivity index is 1.91. The van der Waals surface area contributed by atoms with Crippen molar-refractivity contribution in [2.24, 2.45) is 7.05 Å².